The number of nitrogens with zero attached hydrogens (tertiary/aromatic N) is 4. The number of carboxylic acids is 1. The maximum Gasteiger partial charge on any atom is 0.346 e. The minimum Gasteiger partial charge on any atom is -0.478 e. The van der Waals surface area contributed by atoms with Gasteiger partial charge in [-0.05, 0) is 24.3 Å². The molecule has 0 aliphatic carbocycles. The summed E-state index contributed by atoms with van der Waals surface area (Å²) in [4.78, 5) is 36.3. The van der Waals surface area contributed by atoms with Gasteiger partial charge in [-0.1, -0.05) is 5.21 Å². The number of aromatic nitrogens is 3. The van der Waals surface area contributed by atoms with Crippen LogP contribution in [0.1, 0.15) is 10.5 Å². The molecule has 27 heavy (non-hydrogen) atoms. The van der Waals surface area contributed by atoms with Crippen molar-refractivity contribution in [1.29, 1.82) is 0 Å². The molecule has 2 rings (SSSR count). The van der Waals surface area contributed by atoms with E-state index in [-0.39, 0.29) is 30.4 Å². The zero-order chi connectivity index (χ0) is 20.0. The zero-order valence-corrected chi connectivity index (χ0v) is 14.6. The summed E-state index contributed by atoms with van der Waals surface area (Å²) in [6, 6.07) is 4.81. The zero-order valence-electron chi connectivity index (χ0n) is 14.6. The van der Waals surface area contributed by atoms with E-state index in [1.165, 1.54) is 27.9 Å². The minimum atomic E-state index is -1.38. The summed E-state index contributed by atoms with van der Waals surface area (Å²) in [5.74, 6) is -2.55. The van der Waals surface area contributed by atoms with Crippen LogP contribution in [-0.4, -0.2) is 69.5 Å². The van der Waals surface area contributed by atoms with Gasteiger partial charge in [-0.2, -0.15) is 0 Å². The van der Waals surface area contributed by atoms with Gasteiger partial charge >= 0.3 is 5.97 Å². The fourth-order valence-electron chi connectivity index (χ4n) is 1.89. The van der Waals surface area contributed by atoms with Crippen LogP contribution in [0.3, 0.4) is 0 Å². The van der Waals surface area contributed by atoms with Crippen LogP contribution in [0.4, 0.5) is 4.39 Å². The summed E-state index contributed by atoms with van der Waals surface area (Å²) in [7, 11) is 3.17. The third kappa shape index (κ3) is 5.76. The number of carbonyl (C=O) groups excluding carboxylic acids is 2. The first-order valence-electron chi connectivity index (χ1n) is 7.79. The predicted molar refractivity (Wildman–Crippen MR) is 89.5 cm³/mol. The molecule has 1 atom stereocenters. The number of amides is 2. The van der Waals surface area contributed by atoms with Gasteiger partial charge in [0.05, 0.1) is 12.7 Å². The number of hydrogen-bond donors (Lipinski definition) is 2. The number of carboxylic acid groups (broad SMARTS) is 1. The molecule has 0 spiro atoms. The molecule has 0 aliphatic rings. The van der Waals surface area contributed by atoms with Gasteiger partial charge in [0.25, 0.3) is 5.91 Å². The van der Waals surface area contributed by atoms with Crippen molar-refractivity contribution in [2.75, 3.05) is 20.6 Å². The first kappa shape index (κ1) is 19.8. The molecule has 0 fully saturated rings. The molecule has 1 aromatic carbocycles. The molecule has 0 saturated carbocycles. The second-order valence-corrected chi connectivity index (χ2v) is 5.70. The van der Waals surface area contributed by atoms with E-state index in [4.69, 9.17) is 4.74 Å². The molecule has 0 bridgehead atoms. The second-order valence-electron chi connectivity index (χ2n) is 5.70. The fourth-order valence-corrected chi connectivity index (χ4v) is 1.89. The first-order valence-corrected chi connectivity index (χ1v) is 7.79. The lowest BCUT2D eigenvalue weighted by molar-refractivity contribution is -0.144. The van der Waals surface area contributed by atoms with Crippen LogP contribution >= 0.6 is 0 Å². The number of likely N-dealkylation sites (N-methyl/N-ethyl adjacent to an activating group) is 1. The van der Waals surface area contributed by atoms with Crippen molar-refractivity contribution in [2.45, 2.75) is 12.6 Å². The minimum absolute atomic E-state index is 0.0764. The van der Waals surface area contributed by atoms with Gasteiger partial charge in [0.2, 0.25) is 12.0 Å². The van der Waals surface area contributed by atoms with Crippen molar-refractivity contribution in [2.24, 2.45) is 0 Å². The van der Waals surface area contributed by atoms with Crippen LogP contribution in [0, 0.1) is 5.82 Å². The highest BCUT2D eigenvalue weighted by molar-refractivity contribution is 5.92. The van der Waals surface area contributed by atoms with Gasteiger partial charge in [-0.3, -0.25) is 9.59 Å². The average Bonchev–Trinajstić information content (AvgIpc) is 3.08. The number of benzene rings is 1. The van der Waals surface area contributed by atoms with Crippen LogP contribution in [-0.2, 0) is 16.1 Å². The number of aliphatic carboxylic acids is 1. The number of ether oxygens (including phenoxy) is 1. The van der Waals surface area contributed by atoms with Crippen molar-refractivity contribution in [3.05, 3.63) is 42.0 Å². The van der Waals surface area contributed by atoms with Crippen LogP contribution in [0.2, 0.25) is 0 Å². The summed E-state index contributed by atoms with van der Waals surface area (Å²) in [5, 5.41) is 18.9. The molecule has 10 nitrogen and oxygen atoms in total. The quantitative estimate of drug-likeness (QED) is 0.648. The summed E-state index contributed by atoms with van der Waals surface area (Å²) in [5.41, 5.74) is -0.0764. The van der Waals surface area contributed by atoms with Gasteiger partial charge in [0.15, 0.2) is 5.69 Å². The van der Waals surface area contributed by atoms with Gasteiger partial charge in [-0.25, -0.2) is 13.9 Å². The van der Waals surface area contributed by atoms with Crippen molar-refractivity contribution < 1.29 is 28.6 Å². The Morgan fingerprint density at radius 2 is 1.96 bits per heavy atom. The van der Waals surface area contributed by atoms with E-state index in [1.807, 2.05) is 0 Å². The molecule has 144 valence electrons. The average molecular weight is 379 g/mol. The number of hydrogen-bond acceptors (Lipinski definition) is 6. The molecule has 0 radical (unpaired) electrons. The first-order chi connectivity index (χ1) is 12.8. The third-order valence-corrected chi connectivity index (χ3v) is 3.38. The molecule has 2 aromatic rings. The molecule has 0 saturated heterocycles. The SMILES string of the molecule is CN(C)C(=O)Cn1cc(C(=O)NCC(Oc2ccc(F)cc2)C(=O)O)nn1. The Morgan fingerprint density at radius 3 is 2.56 bits per heavy atom. The third-order valence-electron chi connectivity index (χ3n) is 3.38. The van der Waals surface area contributed by atoms with Crippen LogP contribution in [0.15, 0.2) is 30.5 Å². The maximum atomic E-state index is 12.9. The number of rotatable bonds is 8. The van der Waals surface area contributed by atoms with E-state index in [0.717, 1.165) is 12.1 Å². The lowest BCUT2D eigenvalue weighted by atomic mass is 10.3. The maximum absolute atomic E-state index is 12.9. The van der Waals surface area contributed by atoms with E-state index in [2.05, 4.69) is 15.6 Å². The highest BCUT2D eigenvalue weighted by atomic mass is 19.1. The molecule has 2 N–H and O–H groups in total. The van der Waals surface area contributed by atoms with Crippen molar-refractivity contribution >= 4 is 17.8 Å². The van der Waals surface area contributed by atoms with E-state index >= 15 is 0 Å². The lowest BCUT2D eigenvalue weighted by Crippen LogP contribution is -2.40. The molecule has 1 unspecified atom stereocenters. The summed E-state index contributed by atoms with van der Waals surface area (Å²) >= 11 is 0. The Balaban J connectivity index is 1.93. The van der Waals surface area contributed by atoms with E-state index in [1.54, 1.807) is 14.1 Å². The topological polar surface area (TPSA) is 127 Å². The van der Waals surface area contributed by atoms with Crippen molar-refractivity contribution in [3.8, 4) is 5.75 Å². The van der Waals surface area contributed by atoms with Gasteiger partial charge in [-0.15, -0.1) is 5.10 Å². The Labute approximate surface area is 153 Å². The molecule has 0 aliphatic heterocycles. The number of nitrogens with one attached hydrogen (secondary N) is 1. The lowest BCUT2D eigenvalue weighted by Gasteiger charge is -2.15. The largest absolute Gasteiger partial charge is 0.478 e. The van der Waals surface area contributed by atoms with E-state index in [0.29, 0.717) is 0 Å². The molecule has 11 heteroatoms. The monoisotopic (exact) mass is 379 g/mol. The highest BCUT2D eigenvalue weighted by Crippen LogP contribution is 2.13. The highest BCUT2D eigenvalue weighted by Gasteiger charge is 2.22. The Bertz CT molecular complexity index is 821. The number of halogens is 1. The fraction of sp³-hybridized carbons (Fsp3) is 0.312. The summed E-state index contributed by atoms with van der Waals surface area (Å²) in [6.07, 6.45) is -0.113. The van der Waals surface area contributed by atoms with E-state index in [9.17, 15) is 23.9 Å². The molecule has 2 amide bonds. The Morgan fingerprint density at radius 1 is 1.30 bits per heavy atom. The molecular weight excluding hydrogens is 361 g/mol. The molecule has 1 heterocycles. The number of carbonyl (C=O) groups is 3. The standard InChI is InChI=1S/C16H18FN5O5/c1-21(2)14(23)9-22-8-12(19-20-22)15(24)18-7-13(16(25)26)27-11-5-3-10(17)4-6-11/h3-6,8,13H,7,9H2,1-2H3,(H,18,24)(H,25,26). The van der Waals surface area contributed by atoms with E-state index < -0.39 is 23.8 Å². The van der Waals surface area contributed by atoms with Crippen molar-refractivity contribution in [1.82, 2.24) is 25.2 Å². The van der Waals surface area contributed by atoms with Crippen LogP contribution in [0.5, 0.6) is 5.75 Å². The molecular formula is C16H18FN5O5. The van der Waals surface area contributed by atoms with Crippen LogP contribution in [0.25, 0.3) is 0 Å². The van der Waals surface area contributed by atoms with Gasteiger partial charge in [0, 0.05) is 14.1 Å². The van der Waals surface area contributed by atoms with Gasteiger partial charge in [0.1, 0.15) is 18.1 Å². The predicted octanol–water partition coefficient (Wildman–Crippen LogP) is -0.233. The van der Waals surface area contributed by atoms with Crippen molar-refractivity contribution in [3.63, 3.8) is 0 Å². The van der Waals surface area contributed by atoms with Crippen LogP contribution < -0.4 is 10.1 Å². The Kier molecular flexibility index (Phi) is 6.41. The Hall–Kier alpha value is -3.50. The van der Waals surface area contributed by atoms with Gasteiger partial charge < -0.3 is 20.1 Å². The molecule has 1 aromatic heterocycles. The smallest absolute Gasteiger partial charge is 0.346 e. The summed E-state index contributed by atoms with van der Waals surface area (Å²) < 4.78 is 19.3. The normalized spacial score (nSPS) is 11.5. The second kappa shape index (κ2) is 8.74. The summed E-state index contributed by atoms with van der Waals surface area (Å²) in [6.45, 7) is -0.437.